The number of nitrogens with zero attached hydrogens (tertiary/aromatic N) is 1. The molecule has 0 aliphatic heterocycles. The van der Waals surface area contributed by atoms with Crippen molar-refractivity contribution in [1.29, 1.82) is 0 Å². The molecule has 0 saturated carbocycles. The second-order valence-corrected chi connectivity index (χ2v) is 5.10. The van der Waals surface area contributed by atoms with Crippen LogP contribution in [0.3, 0.4) is 0 Å². The molecule has 0 atom stereocenters. The molecule has 96 valence electrons. The van der Waals surface area contributed by atoms with Gasteiger partial charge in [0.15, 0.2) is 0 Å². The van der Waals surface area contributed by atoms with E-state index in [0.717, 1.165) is 15.6 Å². The Bertz CT molecular complexity index is 632. The van der Waals surface area contributed by atoms with Gasteiger partial charge in [-0.1, -0.05) is 40.2 Å². The number of phenolic OH excluding ortho intramolecular Hbond substituents is 1. The van der Waals surface area contributed by atoms with Crippen LogP contribution in [-0.2, 0) is 0 Å². The second-order valence-electron chi connectivity index (χ2n) is 4.18. The fraction of sp³-hybridized carbons (Fsp3) is 0.0625. The number of phenols is 1. The Hall–Kier alpha value is -1.87. The van der Waals surface area contributed by atoms with Crippen LogP contribution in [0.5, 0.6) is 5.75 Å². The Morgan fingerprint density at radius 1 is 1.16 bits per heavy atom. The highest BCUT2D eigenvalue weighted by atomic mass is 79.9. The molecule has 0 bridgehead atoms. The van der Waals surface area contributed by atoms with Crippen LogP contribution in [0.25, 0.3) is 6.08 Å². The number of hydrogen-bond donors (Lipinski definition) is 1. The van der Waals surface area contributed by atoms with Crippen molar-refractivity contribution in [3.8, 4) is 5.75 Å². The van der Waals surface area contributed by atoms with Gasteiger partial charge in [0.25, 0.3) is 0 Å². The van der Waals surface area contributed by atoms with Gasteiger partial charge in [0.05, 0.1) is 0 Å². The fourth-order valence-electron chi connectivity index (χ4n) is 1.62. The zero-order chi connectivity index (χ0) is 13.7. The van der Waals surface area contributed by atoms with Gasteiger partial charge < -0.3 is 5.11 Å². The number of allylic oxidation sites excluding steroid dienone is 1. The van der Waals surface area contributed by atoms with E-state index in [2.05, 4.69) is 20.9 Å². The van der Waals surface area contributed by atoms with Crippen molar-refractivity contribution in [2.24, 2.45) is 4.99 Å². The first-order valence-corrected chi connectivity index (χ1v) is 6.70. The van der Waals surface area contributed by atoms with E-state index in [-0.39, 0.29) is 5.75 Å². The third kappa shape index (κ3) is 4.07. The van der Waals surface area contributed by atoms with Gasteiger partial charge in [0.1, 0.15) is 11.4 Å². The molecule has 2 nitrogen and oxygen atoms in total. The number of hydrogen-bond acceptors (Lipinski definition) is 2. The zero-order valence-electron chi connectivity index (χ0n) is 10.5. The molecule has 2 aromatic rings. The Morgan fingerprint density at radius 2 is 2.00 bits per heavy atom. The molecule has 2 rings (SSSR count). The van der Waals surface area contributed by atoms with Gasteiger partial charge in [-0.25, -0.2) is 0 Å². The summed E-state index contributed by atoms with van der Waals surface area (Å²) in [5, 5.41) is 9.64. The summed E-state index contributed by atoms with van der Waals surface area (Å²) in [7, 11) is 0. The molecule has 0 spiro atoms. The zero-order valence-corrected chi connectivity index (χ0v) is 12.1. The SMILES string of the molecule is Cc1ccc(O)c(N=CC=Cc2cccc(Br)c2)c1. The number of aromatic hydroxyl groups is 1. The minimum atomic E-state index is 0.192. The first-order chi connectivity index (χ1) is 9.15. The van der Waals surface area contributed by atoms with Crippen LogP contribution in [0.4, 0.5) is 5.69 Å². The number of rotatable bonds is 3. The quantitative estimate of drug-likeness (QED) is 0.804. The Labute approximate surface area is 121 Å². The fourth-order valence-corrected chi connectivity index (χ4v) is 2.04. The molecule has 3 heteroatoms. The smallest absolute Gasteiger partial charge is 0.141 e. The van der Waals surface area contributed by atoms with Crippen LogP contribution < -0.4 is 0 Å². The highest BCUT2D eigenvalue weighted by Gasteiger charge is 1.96. The molecule has 0 aliphatic carbocycles. The minimum Gasteiger partial charge on any atom is -0.506 e. The van der Waals surface area contributed by atoms with Crippen LogP contribution in [-0.4, -0.2) is 11.3 Å². The first-order valence-electron chi connectivity index (χ1n) is 5.91. The lowest BCUT2D eigenvalue weighted by molar-refractivity contribution is 0.477. The van der Waals surface area contributed by atoms with Crippen LogP contribution in [0.2, 0.25) is 0 Å². The summed E-state index contributed by atoms with van der Waals surface area (Å²) < 4.78 is 1.04. The molecule has 0 fully saturated rings. The largest absolute Gasteiger partial charge is 0.506 e. The Morgan fingerprint density at radius 3 is 2.79 bits per heavy atom. The third-order valence-corrected chi connectivity index (χ3v) is 3.06. The van der Waals surface area contributed by atoms with Crippen LogP contribution in [0, 0.1) is 6.92 Å². The normalized spacial score (nSPS) is 11.5. The van der Waals surface area contributed by atoms with E-state index >= 15 is 0 Å². The van der Waals surface area contributed by atoms with E-state index < -0.39 is 0 Å². The highest BCUT2D eigenvalue weighted by Crippen LogP contribution is 2.26. The van der Waals surface area contributed by atoms with Gasteiger partial charge in [0, 0.05) is 10.7 Å². The van der Waals surface area contributed by atoms with Gasteiger partial charge in [-0.3, -0.25) is 4.99 Å². The van der Waals surface area contributed by atoms with E-state index in [1.165, 1.54) is 0 Å². The van der Waals surface area contributed by atoms with Crippen LogP contribution in [0.1, 0.15) is 11.1 Å². The maximum Gasteiger partial charge on any atom is 0.141 e. The van der Waals surface area contributed by atoms with E-state index in [9.17, 15) is 5.11 Å². The maximum absolute atomic E-state index is 9.64. The highest BCUT2D eigenvalue weighted by molar-refractivity contribution is 9.10. The number of aryl methyl sites for hydroxylation is 1. The molecule has 2 aromatic carbocycles. The van der Waals surface area contributed by atoms with Crippen molar-refractivity contribution in [2.45, 2.75) is 6.92 Å². The van der Waals surface area contributed by atoms with Gasteiger partial charge in [-0.15, -0.1) is 0 Å². The maximum atomic E-state index is 9.64. The van der Waals surface area contributed by atoms with Crippen molar-refractivity contribution < 1.29 is 5.11 Å². The topological polar surface area (TPSA) is 32.6 Å². The molecule has 0 aliphatic rings. The van der Waals surface area contributed by atoms with Gasteiger partial charge in [0.2, 0.25) is 0 Å². The summed E-state index contributed by atoms with van der Waals surface area (Å²) in [5.41, 5.74) is 2.74. The lowest BCUT2D eigenvalue weighted by Gasteiger charge is -1.98. The van der Waals surface area contributed by atoms with Gasteiger partial charge in [-0.05, 0) is 48.4 Å². The van der Waals surface area contributed by atoms with Gasteiger partial charge in [-0.2, -0.15) is 0 Å². The minimum absolute atomic E-state index is 0.192. The Kier molecular flexibility index (Phi) is 4.53. The molecular weight excluding hydrogens is 302 g/mol. The van der Waals surface area contributed by atoms with E-state index in [0.29, 0.717) is 5.69 Å². The molecule has 0 saturated heterocycles. The third-order valence-electron chi connectivity index (χ3n) is 2.57. The lowest BCUT2D eigenvalue weighted by atomic mass is 10.2. The molecule has 0 heterocycles. The molecule has 0 unspecified atom stereocenters. The summed E-state index contributed by atoms with van der Waals surface area (Å²) in [5.74, 6) is 0.192. The standard InChI is InChI=1S/C16H14BrNO/c1-12-7-8-16(19)15(10-12)18-9-3-5-13-4-2-6-14(17)11-13/h2-11,19H,1H3. The monoisotopic (exact) mass is 315 g/mol. The molecule has 0 amide bonds. The molecule has 0 radical (unpaired) electrons. The first kappa shape index (κ1) is 13.6. The predicted octanol–water partition coefficient (Wildman–Crippen LogP) is 4.88. The molecule has 19 heavy (non-hydrogen) atoms. The van der Waals surface area contributed by atoms with E-state index in [1.54, 1.807) is 12.3 Å². The predicted molar refractivity (Wildman–Crippen MR) is 84.2 cm³/mol. The van der Waals surface area contributed by atoms with Crippen molar-refractivity contribution in [1.82, 2.24) is 0 Å². The summed E-state index contributed by atoms with van der Waals surface area (Å²) >= 11 is 3.42. The summed E-state index contributed by atoms with van der Waals surface area (Å²) in [6.07, 6.45) is 5.49. The van der Waals surface area contributed by atoms with Crippen LogP contribution in [0.15, 0.2) is 58.0 Å². The summed E-state index contributed by atoms with van der Waals surface area (Å²) in [6.45, 7) is 1.97. The Balaban J connectivity index is 2.09. The number of aliphatic imine (C=N–C) groups is 1. The number of halogens is 1. The average Bonchev–Trinajstić information content (AvgIpc) is 2.39. The second kappa shape index (κ2) is 6.34. The van der Waals surface area contributed by atoms with E-state index in [1.807, 2.05) is 55.5 Å². The van der Waals surface area contributed by atoms with Crippen LogP contribution >= 0.6 is 15.9 Å². The summed E-state index contributed by atoms with van der Waals surface area (Å²) in [6, 6.07) is 13.3. The number of benzene rings is 2. The van der Waals surface area contributed by atoms with Crippen molar-refractivity contribution in [2.75, 3.05) is 0 Å². The van der Waals surface area contributed by atoms with Gasteiger partial charge >= 0.3 is 0 Å². The van der Waals surface area contributed by atoms with Crippen molar-refractivity contribution in [3.63, 3.8) is 0 Å². The van der Waals surface area contributed by atoms with Crippen molar-refractivity contribution in [3.05, 3.63) is 64.1 Å². The average molecular weight is 316 g/mol. The lowest BCUT2D eigenvalue weighted by Crippen LogP contribution is -1.74. The van der Waals surface area contributed by atoms with Crippen molar-refractivity contribution >= 4 is 33.9 Å². The molecular formula is C16H14BrNO. The van der Waals surface area contributed by atoms with E-state index in [4.69, 9.17) is 0 Å². The molecule has 1 N–H and O–H groups in total. The summed E-state index contributed by atoms with van der Waals surface area (Å²) in [4.78, 5) is 4.23. The molecule has 0 aromatic heterocycles.